The number of carbonyl (C=O) groups excluding carboxylic acids is 1. The summed E-state index contributed by atoms with van der Waals surface area (Å²) in [4.78, 5) is 24.8. The molecule has 2 N–H and O–H groups in total. The van der Waals surface area contributed by atoms with E-state index in [-0.39, 0.29) is 23.6 Å². The zero-order valence-electron chi connectivity index (χ0n) is 14.6. The number of oxazole rings is 1. The largest absolute Gasteiger partial charge is 0.438 e. The summed E-state index contributed by atoms with van der Waals surface area (Å²) in [5.41, 5.74) is 2.83. The molecule has 136 valence electrons. The number of carbonyl (C=O) groups is 1. The van der Waals surface area contributed by atoms with Gasteiger partial charge in [-0.1, -0.05) is 12.1 Å². The van der Waals surface area contributed by atoms with Gasteiger partial charge >= 0.3 is 0 Å². The highest BCUT2D eigenvalue weighted by Gasteiger charge is 2.46. The quantitative estimate of drug-likeness (QED) is 0.576. The first kappa shape index (κ1) is 16.0. The summed E-state index contributed by atoms with van der Waals surface area (Å²) in [5, 5.41) is 2.94. The Labute approximate surface area is 153 Å². The van der Waals surface area contributed by atoms with E-state index < -0.39 is 6.04 Å². The Balaban J connectivity index is 1.28. The minimum Gasteiger partial charge on any atom is -0.438 e. The highest BCUT2D eigenvalue weighted by Crippen LogP contribution is 2.47. The monoisotopic (exact) mass is 364 g/mol. The van der Waals surface area contributed by atoms with Gasteiger partial charge in [-0.15, -0.1) is 0 Å². The molecule has 6 nitrogen and oxygen atoms in total. The number of nitrogens with one attached hydrogen (secondary N) is 2. The second-order valence-electron chi connectivity index (χ2n) is 6.98. The predicted octanol–water partition coefficient (Wildman–Crippen LogP) is 3.82. The summed E-state index contributed by atoms with van der Waals surface area (Å²) >= 11 is 0. The molecule has 1 unspecified atom stereocenters. The first-order valence-electron chi connectivity index (χ1n) is 8.89. The smallest absolute Gasteiger partial charge is 0.224 e. The van der Waals surface area contributed by atoms with Crippen LogP contribution in [0.5, 0.6) is 0 Å². The van der Waals surface area contributed by atoms with E-state index in [1.54, 1.807) is 13.0 Å². The van der Waals surface area contributed by atoms with Crippen molar-refractivity contribution < 1.29 is 13.6 Å². The number of nitrogens with zero attached hydrogens (tertiary/aromatic N) is 2. The lowest BCUT2D eigenvalue weighted by Crippen LogP contribution is -2.28. The van der Waals surface area contributed by atoms with Gasteiger partial charge in [0.1, 0.15) is 23.2 Å². The van der Waals surface area contributed by atoms with Crippen LogP contribution >= 0.6 is 0 Å². The number of benzene rings is 2. The highest BCUT2D eigenvalue weighted by molar-refractivity contribution is 5.83. The van der Waals surface area contributed by atoms with Crippen molar-refractivity contribution in [2.24, 2.45) is 5.92 Å². The first-order chi connectivity index (χ1) is 13.1. The van der Waals surface area contributed by atoms with Gasteiger partial charge < -0.3 is 14.7 Å². The van der Waals surface area contributed by atoms with Crippen LogP contribution in [-0.4, -0.2) is 20.9 Å². The van der Waals surface area contributed by atoms with Gasteiger partial charge in [-0.25, -0.2) is 14.4 Å². The molecule has 0 spiro atoms. The number of aromatic nitrogens is 3. The number of aromatic amines is 1. The van der Waals surface area contributed by atoms with E-state index in [4.69, 9.17) is 4.42 Å². The summed E-state index contributed by atoms with van der Waals surface area (Å²) in [6.45, 7) is 1.80. The van der Waals surface area contributed by atoms with Crippen molar-refractivity contribution in [2.45, 2.75) is 25.3 Å². The van der Waals surface area contributed by atoms with Gasteiger partial charge in [0.05, 0.1) is 11.0 Å². The number of hydrogen-bond donors (Lipinski definition) is 2. The first-order valence-corrected chi connectivity index (χ1v) is 8.89. The average molecular weight is 364 g/mol. The molecule has 0 radical (unpaired) electrons. The van der Waals surface area contributed by atoms with Crippen LogP contribution in [0.25, 0.3) is 22.1 Å². The van der Waals surface area contributed by atoms with E-state index in [0.717, 1.165) is 23.3 Å². The number of halogens is 1. The topological polar surface area (TPSA) is 83.8 Å². The van der Waals surface area contributed by atoms with Crippen molar-refractivity contribution in [3.63, 3.8) is 0 Å². The Morgan fingerprint density at radius 2 is 2.11 bits per heavy atom. The van der Waals surface area contributed by atoms with E-state index in [1.165, 1.54) is 12.1 Å². The number of hydrogen-bond acceptors (Lipinski definition) is 4. The van der Waals surface area contributed by atoms with Gasteiger partial charge in [0.15, 0.2) is 5.58 Å². The molecule has 4 aromatic rings. The lowest BCUT2D eigenvalue weighted by atomic mass is 10.2. The lowest BCUT2D eigenvalue weighted by molar-refractivity contribution is -0.123. The summed E-state index contributed by atoms with van der Waals surface area (Å²) in [7, 11) is 0. The summed E-state index contributed by atoms with van der Waals surface area (Å²) in [6, 6.07) is 11.6. The fourth-order valence-electron chi connectivity index (χ4n) is 3.42. The van der Waals surface area contributed by atoms with E-state index in [9.17, 15) is 9.18 Å². The van der Waals surface area contributed by atoms with Crippen molar-refractivity contribution in [1.29, 1.82) is 0 Å². The van der Waals surface area contributed by atoms with Crippen LogP contribution in [0.15, 0.2) is 46.9 Å². The normalized spacial score (nSPS) is 20.1. The minimum absolute atomic E-state index is 0.0543. The molecule has 1 fully saturated rings. The molecule has 1 amide bonds. The standard InChI is InChI=1S/C20H17FN4O2/c1-10(20-25-16-7-6-11(21)8-17(16)27-20)22-19(26)13-9-12(13)18-23-14-4-2-3-5-15(14)24-18/h2-8,10,12-13H,9H2,1H3,(H,22,26)(H,23,24)/t10-,12+,13?/m1/s1. The SMILES string of the molecule is C[C@@H](NC(=O)C1C[C@@H]1c1nc2ccccc2[nH]1)c1nc2ccc(F)cc2o1. The Morgan fingerprint density at radius 1 is 1.26 bits per heavy atom. The van der Waals surface area contributed by atoms with Crippen molar-refractivity contribution >= 4 is 28.0 Å². The van der Waals surface area contributed by atoms with Crippen LogP contribution < -0.4 is 5.32 Å². The van der Waals surface area contributed by atoms with Gasteiger partial charge in [0, 0.05) is 17.9 Å². The van der Waals surface area contributed by atoms with Crippen molar-refractivity contribution in [1.82, 2.24) is 20.3 Å². The van der Waals surface area contributed by atoms with Crippen LogP contribution in [-0.2, 0) is 4.79 Å². The highest BCUT2D eigenvalue weighted by atomic mass is 19.1. The van der Waals surface area contributed by atoms with Crippen molar-refractivity contribution in [3.05, 3.63) is 60.0 Å². The molecular weight excluding hydrogens is 347 g/mol. The zero-order chi connectivity index (χ0) is 18.5. The van der Waals surface area contributed by atoms with Gasteiger partial charge in [0.2, 0.25) is 11.8 Å². The van der Waals surface area contributed by atoms with Crippen LogP contribution in [0.2, 0.25) is 0 Å². The van der Waals surface area contributed by atoms with Crippen molar-refractivity contribution in [3.8, 4) is 0 Å². The maximum absolute atomic E-state index is 13.3. The third kappa shape index (κ3) is 2.85. The lowest BCUT2D eigenvalue weighted by Gasteiger charge is -2.09. The summed E-state index contributed by atoms with van der Waals surface area (Å²) in [5.74, 6) is 0.762. The molecule has 1 aliphatic carbocycles. The fourth-order valence-corrected chi connectivity index (χ4v) is 3.42. The molecule has 0 saturated heterocycles. The number of imidazole rings is 1. The van der Waals surface area contributed by atoms with E-state index in [0.29, 0.717) is 17.0 Å². The molecule has 2 aromatic heterocycles. The van der Waals surface area contributed by atoms with Crippen LogP contribution in [0.4, 0.5) is 4.39 Å². The van der Waals surface area contributed by atoms with Gasteiger partial charge in [0.25, 0.3) is 0 Å². The minimum atomic E-state index is -0.398. The Morgan fingerprint density at radius 3 is 2.96 bits per heavy atom. The molecule has 3 atom stereocenters. The molecule has 5 rings (SSSR count). The maximum atomic E-state index is 13.3. The Kier molecular flexibility index (Phi) is 3.50. The third-order valence-corrected chi connectivity index (χ3v) is 4.98. The summed E-state index contributed by atoms with van der Waals surface area (Å²) < 4.78 is 18.9. The molecule has 0 aliphatic heterocycles. The number of amides is 1. The Hall–Kier alpha value is -3.22. The van der Waals surface area contributed by atoms with Gasteiger partial charge in [-0.05, 0) is 37.6 Å². The van der Waals surface area contributed by atoms with E-state index in [1.807, 2.05) is 24.3 Å². The molecule has 1 saturated carbocycles. The third-order valence-electron chi connectivity index (χ3n) is 4.98. The second-order valence-corrected chi connectivity index (χ2v) is 6.98. The van der Waals surface area contributed by atoms with Crippen LogP contribution in [0.1, 0.15) is 37.0 Å². The number of rotatable bonds is 4. The molecule has 1 aliphatic rings. The van der Waals surface area contributed by atoms with Gasteiger partial charge in [-0.3, -0.25) is 4.79 Å². The van der Waals surface area contributed by atoms with Crippen molar-refractivity contribution in [2.75, 3.05) is 0 Å². The Bertz CT molecular complexity index is 1130. The molecule has 2 aromatic carbocycles. The van der Waals surface area contributed by atoms with E-state index in [2.05, 4.69) is 20.3 Å². The average Bonchev–Trinajstić information content (AvgIpc) is 3.16. The maximum Gasteiger partial charge on any atom is 0.224 e. The van der Waals surface area contributed by atoms with Gasteiger partial charge in [-0.2, -0.15) is 0 Å². The molecule has 27 heavy (non-hydrogen) atoms. The van der Waals surface area contributed by atoms with Crippen LogP contribution in [0.3, 0.4) is 0 Å². The molecule has 7 heteroatoms. The molecule has 2 heterocycles. The fraction of sp³-hybridized carbons (Fsp3) is 0.250. The molecular formula is C20H17FN4O2. The molecule has 0 bridgehead atoms. The van der Waals surface area contributed by atoms with Crippen LogP contribution in [0, 0.1) is 11.7 Å². The summed E-state index contributed by atoms with van der Waals surface area (Å²) in [6.07, 6.45) is 0.761. The number of fused-ring (bicyclic) bond motifs is 2. The number of H-pyrrole nitrogens is 1. The predicted molar refractivity (Wildman–Crippen MR) is 97.5 cm³/mol. The second kappa shape index (κ2) is 5.90. The van der Waals surface area contributed by atoms with E-state index >= 15 is 0 Å². The number of para-hydroxylation sites is 2. The zero-order valence-corrected chi connectivity index (χ0v) is 14.6.